The van der Waals surface area contributed by atoms with E-state index >= 15 is 0 Å². The largest absolute Gasteiger partial charge is 0.326 e. The second-order valence-corrected chi connectivity index (χ2v) is 7.64. The van der Waals surface area contributed by atoms with Crippen LogP contribution in [-0.4, -0.2) is 22.0 Å². The first-order valence-electron chi connectivity index (χ1n) is 9.01. The maximum atomic E-state index is 12.3. The van der Waals surface area contributed by atoms with Gasteiger partial charge in [-0.15, -0.1) is 11.8 Å². The van der Waals surface area contributed by atoms with E-state index in [1.165, 1.54) is 36.0 Å². The van der Waals surface area contributed by atoms with E-state index in [4.69, 9.17) is 0 Å². The third-order valence-electron chi connectivity index (χ3n) is 3.92. The van der Waals surface area contributed by atoms with Crippen LogP contribution >= 0.6 is 11.8 Å². The lowest BCUT2D eigenvalue weighted by Gasteiger charge is -2.12. The number of nitrogens with zero attached hydrogens (tertiary/aromatic N) is 1. The maximum Gasteiger partial charge on any atom is 0.269 e. The molecule has 148 valence electrons. The minimum atomic E-state index is -0.486. The molecule has 2 aromatic carbocycles. The Morgan fingerprint density at radius 1 is 1.04 bits per heavy atom. The summed E-state index contributed by atoms with van der Waals surface area (Å²) in [7, 11) is 0. The van der Waals surface area contributed by atoms with Crippen molar-refractivity contribution in [2.45, 2.75) is 43.3 Å². The Morgan fingerprint density at radius 2 is 1.61 bits per heavy atom. The molecule has 8 heteroatoms. The van der Waals surface area contributed by atoms with Crippen LogP contribution in [0.3, 0.4) is 0 Å². The Labute approximate surface area is 168 Å². The Morgan fingerprint density at radius 3 is 2.18 bits per heavy atom. The fourth-order valence-electron chi connectivity index (χ4n) is 2.35. The third kappa shape index (κ3) is 6.70. The standard InChI is InChI=1S/C20H23N3O4S/c1-3-4-5-19(24)21-15-8-12-18(13-9-15)28-14(2)20(25)22-16-6-10-17(11-7-16)23(26)27/h6-14H,3-5H2,1-2H3,(H,21,24)(H,22,25). The summed E-state index contributed by atoms with van der Waals surface area (Å²) in [6.07, 6.45) is 2.34. The Bertz CT molecular complexity index is 822. The van der Waals surface area contributed by atoms with E-state index in [-0.39, 0.29) is 22.8 Å². The molecule has 0 aliphatic carbocycles. The number of nitro groups is 1. The molecule has 0 bridgehead atoms. The van der Waals surface area contributed by atoms with Gasteiger partial charge in [0.2, 0.25) is 11.8 Å². The molecule has 0 saturated heterocycles. The molecule has 2 amide bonds. The van der Waals surface area contributed by atoms with E-state index < -0.39 is 4.92 Å². The average Bonchev–Trinajstić information content (AvgIpc) is 2.68. The fraction of sp³-hybridized carbons (Fsp3) is 0.300. The smallest absolute Gasteiger partial charge is 0.269 e. The second-order valence-electron chi connectivity index (χ2n) is 6.23. The number of benzene rings is 2. The minimum Gasteiger partial charge on any atom is -0.326 e. The molecule has 2 N–H and O–H groups in total. The van der Waals surface area contributed by atoms with Gasteiger partial charge in [0.25, 0.3) is 5.69 Å². The van der Waals surface area contributed by atoms with Gasteiger partial charge in [0.1, 0.15) is 0 Å². The number of non-ortho nitro benzene ring substituents is 1. The summed E-state index contributed by atoms with van der Waals surface area (Å²) in [4.78, 5) is 35.2. The van der Waals surface area contributed by atoms with E-state index in [0.29, 0.717) is 12.1 Å². The van der Waals surface area contributed by atoms with Crippen LogP contribution in [-0.2, 0) is 9.59 Å². The van der Waals surface area contributed by atoms with Crippen LogP contribution in [0.2, 0.25) is 0 Å². The van der Waals surface area contributed by atoms with E-state index in [9.17, 15) is 19.7 Å². The van der Waals surface area contributed by atoms with Crippen LogP contribution in [0.15, 0.2) is 53.4 Å². The van der Waals surface area contributed by atoms with E-state index in [1.54, 1.807) is 6.92 Å². The lowest BCUT2D eigenvalue weighted by Crippen LogP contribution is -2.22. The summed E-state index contributed by atoms with van der Waals surface area (Å²) in [5.41, 5.74) is 1.21. The lowest BCUT2D eigenvalue weighted by molar-refractivity contribution is -0.384. The maximum absolute atomic E-state index is 12.3. The summed E-state index contributed by atoms with van der Waals surface area (Å²) in [5, 5.41) is 15.9. The van der Waals surface area contributed by atoms with Gasteiger partial charge in [-0.3, -0.25) is 19.7 Å². The molecule has 2 rings (SSSR count). The molecular formula is C20H23N3O4S. The average molecular weight is 401 g/mol. The first kappa shape index (κ1) is 21.4. The van der Waals surface area contributed by atoms with Gasteiger partial charge in [-0.05, 0) is 49.7 Å². The summed E-state index contributed by atoms with van der Waals surface area (Å²) in [6, 6.07) is 13.0. The van der Waals surface area contributed by atoms with Crippen LogP contribution in [0.4, 0.5) is 17.1 Å². The van der Waals surface area contributed by atoms with Crippen LogP contribution in [0.1, 0.15) is 33.1 Å². The van der Waals surface area contributed by atoms with E-state index in [0.717, 1.165) is 23.4 Å². The highest BCUT2D eigenvalue weighted by Gasteiger charge is 2.15. The predicted molar refractivity (Wildman–Crippen MR) is 112 cm³/mol. The molecule has 0 spiro atoms. The van der Waals surface area contributed by atoms with Crippen molar-refractivity contribution in [3.63, 3.8) is 0 Å². The molecule has 28 heavy (non-hydrogen) atoms. The number of carbonyl (C=O) groups excluding carboxylic acids is 2. The number of hydrogen-bond donors (Lipinski definition) is 2. The number of nitro benzene ring substituents is 1. The highest BCUT2D eigenvalue weighted by Crippen LogP contribution is 2.26. The molecule has 7 nitrogen and oxygen atoms in total. The molecule has 0 aliphatic heterocycles. The number of unbranched alkanes of at least 4 members (excludes halogenated alkanes) is 1. The van der Waals surface area contributed by atoms with Crippen molar-refractivity contribution >= 4 is 40.6 Å². The fourth-order valence-corrected chi connectivity index (χ4v) is 3.21. The van der Waals surface area contributed by atoms with Gasteiger partial charge in [0.05, 0.1) is 10.2 Å². The zero-order valence-electron chi connectivity index (χ0n) is 15.8. The summed E-state index contributed by atoms with van der Waals surface area (Å²) in [5.74, 6) is -0.200. The number of thioether (sulfide) groups is 1. The van der Waals surface area contributed by atoms with Crippen LogP contribution in [0, 0.1) is 10.1 Å². The normalized spacial score (nSPS) is 11.5. The first-order valence-corrected chi connectivity index (χ1v) is 9.89. The van der Waals surface area contributed by atoms with Crippen molar-refractivity contribution in [1.82, 2.24) is 0 Å². The number of amides is 2. The number of rotatable bonds is 9. The monoisotopic (exact) mass is 401 g/mol. The van der Waals surface area contributed by atoms with Gasteiger partial charge in [-0.2, -0.15) is 0 Å². The van der Waals surface area contributed by atoms with Gasteiger partial charge in [-0.1, -0.05) is 13.3 Å². The van der Waals surface area contributed by atoms with Gasteiger partial charge in [0, 0.05) is 34.8 Å². The highest BCUT2D eigenvalue weighted by molar-refractivity contribution is 8.00. The molecule has 2 aromatic rings. The molecule has 0 saturated carbocycles. The van der Waals surface area contributed by atoms with Crippen LogP contribution in [0.25, 0.3) is 0 Å². The highest BCUT2D eigenvalue weighted by atomic mass is 32.2. The topological polar surface area (TPSA) is 101 Å². The summed E-state index contributed by atoms with van der Waals surface area (Å²) < 4.78 is 0. The minimum absolute atomic E-state index is 0.00176. The molecule has 0 aliphatic rings. The van der Waals surface area contributed by atoms with Gasteiger partial charge in [-0.25, -0.2) is 0 Å². The SMILES string of the molecule is CCCCC(=O)Nc1ccc(SC(C)C(=O)Nc2ccc([N+](=O)[O-])cc2)cc1. The Hall–Kier alpha value is -2.87. The summed E-state index contributed by atoms with van der Waals surface area (Å²) in [6.45, 7) is 3.82. The molecule has 0 radical (unpaired) electrons. The van der Waals surface area contributed by atoms with Crippen molar-refractivity contribution < 1.29 is 14.5 Å². The van der Waals surface area contributed by atoms with Gasteiger partial charge >= 0.3 is 0 Å². The molecule has 1 unspecified atom stereocenters. The number of anilines is 2. The molecule has 1 atom stereocenters. The van der Waals surface area contributed by atoms with Gasteiger partial charge in [0.15, 0.2) is 0 Å². The lowest BCUT2D eigenvalue weighted by atomic mass is 10.2. The predicted octanol–water partition coefficient (Wildman–Crippen LogP) is 4.84. The van der Waals surface area contributed by atoms with Crippen LogP contribution in [0.5, 0.6) is 0 Å². The summed E-state index contributed by atoms with van der Waals surface area (Å²) >= 11 is 1.39. The zero-order valence-corrected chi connectivity index (χ0v) is 16.6. The van der Waals surface area contributed by atoms with Crippen LogP contribution < -0.4 is 10.6 Å². The zero-order chi connectivity index (χ0) is 20.5. The van der Waals surface area contributed by atoms with Crippen molar-refractivity contribution in [2.24, 2.45) is 0 Å². The Balaban J connectivity index is 1.87. The van der Waals surface area contributed by atoms with E-state index in [2.05, 4.69) is 10.6 Å². The molecule has 0 fully saturated rings. The number of nitrogens with one attached hydrogen (secondary N) is 2. The Kier molecular flexibility index (Phi) is 8.01. The first-order chi connectivity index (χ1) is 13.4. The number of hydrogen-bond acceptors (Lipinski definition) is 5. The van der Waals surface area contributed by atoms with Crippen molar-refractivity contribution in [2.75, 3.05) is 10.6 Å². The quantitative estimate of drug-likeness (QED) is 0.355. The van der Waals surface area contributed by atoms with Crippen molar-refractivity contribution in [3.8, 4) is 0 Å². The second kappa shape index (κ2) is 10.5. The number of carbonyl (C=O) groups is 2. The third-order valence-corrected chi connectivity index (χ3v) is 5.04. The van der Waals surface area contributed by atoms with Crippen molar-refractivity contribution in [1.29, 1.82) is 0 Å². The van der Waals surface area contributed by atoms with E-state index in [1.807, 2.05) is 31.2 Å². The molecule has 0 aromatic heterocycles. The van der Waals surface area contributed by atoms with Gasteiger partial charge < -0.3 is 10.6 Å². The van der Waals surface area contributed by atoms with Crippen molar-refractivity contribution in [3.05, 3.63) is 58.6 Å². The molecular weight excluding hydrogens is 378 g/mol. The molecule has 0 heterocycles.